The number of rotatable bonds is 3. The summed E-state index contributed by atoms with van der Waals surface area (Å²) in [5.41, 5.74) is 0. The number of thiophene rings is 1. The van der Waals surface area contributed by atoms with Crippen molar-refractivity contribution in [2.75, 3.05) is 11.5 Å². The van der Waals surface area contributed by atoms with Gasteiger partial charge in [0, 0.05) is 17.5 Å². The molecule has 1 aromatic heterocycles. The fraction of sp³-hybridized carbons (Fsp3) is 0.556. The van der Waals surface area contributed by atoms with Crippen molar-refractivity contribution in [2.24, 2.45) is 0 Å². The van der Waals surface area contributed by atoms with Crippen molar-refractivity contribution in [1.82, 2.24) is 5.32 Å². The Morgan fingerprint density at radius 3 is 3.00 bits per heavy atom. The Hall–Kier alpha value is -0.390. The second-order valence-corrected chi connectivity index (χ2v) is 6.82. The van der Waals surface area contributed by atoms with Crippen LogP contribution in [-0.4, -0.2) is 26.0 Å². The molecule has 0 spiro atoms. The Kier molecular flexibility index (Phi) is 2.90. The van der Waals surface area contributed by atoms with Crippen LogP contribution >= 0.6 is 11.3 Å². The predicted molar refractivity (Wildman–Crippen MR) is 58.2 cm³/mol. The summed E-state index contributed by atoms with van der Waals surface area (Å²) in [6.07, 6.45) is 0.758. The van der Waals surface area contributed by atoms with Gasteiger partial charge in [0.15, 0.2) is 9.84 Å². The van der Waals surface area contributed by atoms with Crippen molar-refractivity contribution in [3.05, 3.63) is 22.4 Å². The van der Waals surface area contributed by atoms with Crippen LogP contribution in [0, 0.1) is 0 Å². The molecule has 0 aliphatic carbocycles. The van der Waals surface area contributed by atoms with Crippen LogP contribution in [0.1, 0.15) is 11.3 Å². The van der Waals surface area contributed by atoms with Gasteiger partial charge in [-0.25, -0.2) is 8.42 Å². The first-order valence-electron chi connectivity index (χ1n) is 4.62. The predicted octanol–water partition coefficient (Wildman–Crippen LogP) is 1.02. The summed E-state index contributed by atoms with van der Waals surface area (Å²) in [6.45, 7) is 0.790. The Balaban J connectivity index is 1.83. The first kappa shape index (κ1) is 10.1. The molecule has 5 heteroatoms. The summed E-state index contributed by atoms with van der Waals surface area (Å²) in [5, 5.41) is 5.30. The van der Waals surface area contributed by atoms with Gasteiger partial charge in [-0.2, -0.15) is 0 Å². The highest BCUT2D eigenvalue weighted by molar-refractivity contribution is 7.91. The second kappa shape index (κ2) is 4.00. The fourth-order valence-corrected chi connectivity index (χ4v) is 3.98. The number of sulfone groups is 1. The second-order valence-electron chi connectivity index (χ2n) is 3.56. The maximum atomic E-state index is 11.2. The molecule has 3 nitrogen and oxygen atoms in total. The van der Waals surface area contributed by atoms with E-state index in [4.69, 9.17) is 0 Å². The lowest BCUT2D eigenvalue weighted by molar-refractivity contribution is 0.557. The lowest BCUT2D eigenvalue weighted by Crippen LogP contribution is -2.29. The number of hydrogen-bond donors (Lipinski definition) is 1. The zero-order valence-electron chi connectivity index (χ0n) is 7.77. The molecular weight excluding hydrogens is 218 g/mol. The smallest absolute Gasteiger partial charge is 0.151 e. The largest absolute Gasteiger partial charge is 0.308 e. The van der Waals surface area contributed by atoms with Crippen LogP contribution < -0.4 is 5.32 Å². The van der Waals surface area contributed by atoms with Crippen molar-refractivity contribution in [3.63, 3.8) is 0 Å². The summed E-state index contributed by atoms with van der Waals surface area (Å²) >= 11 is 1.69. The van der Waals surface area contributed by atoms with E-state index in [1.54, 1.807) is 11.3 Å². The summed E-state index contributed by atoms with van der Waals surface area (Å²) in [4.78, 5) is 1.26. The van der Waals surface area contributed by atoms with E-state index in [1.807, 2.05) is 11.4 Å². The van der Waals surface area contributed by atoms with Gasteiger partial charge >= 0.3 is 0 Å². The van der Waals surface area contributed by atoms with E-state index in [9.17, 15) is 8.42 Å². The molecule has 0 unspecified atom stereocenters. The van der Waals surface area contributed by atoms with E-state index in [1.165, 1.54) is 4.88 Å². The van der Waals surface area contributed by atoms with Crippen LogP contribution in [0.4, 0.5) is 0 Å². The molecule has 1 aliphatic heterocycles. The topological polar surface area (TPSA) is 46.2 Å². The minimum absolute atomic E-state index is 0.155. The van der Waals surface area contributed by atoms with Gasteiger partial charge in [-0.15, -0.1) is 11.3 Å². The Bertz CT molecular complexity index is 383. The molecule has 2 rings (SSSR count). The summed E-state index contributed by atoms with van der Waals surface area (Å²) in [6, 6.07) is 4.22. The van der Waals surface area contributed by atoms with Crippen molar-refractivity contribution in [3.8, 4) is 0 Å². The van der Waals surface area contributed by atoms with Crippen molar-refractivity contribution >= 4 is 21.2 Å². The quantitative estimate of drug-likeness (QED) is 0.845. The van der Waals surface area contributed by atoms with E-state index in [-0.39, 0.29) is 6.04 Å². The third-order valence-electron chi connectivity index (χ3n) is 2.38. The molecule has 1 fully saturated rings. The van der Waals surface area contributed by atoms with Crippen molar-refractivity contribution in [2.45, 2.75) is 19.0 Å². The molecule has 0 radical (unpaired) electrons. The van der Waals surface area contributed by atoms with E-state index >= 15 is 0 Å². The Labute approximate surface area is 88.1 Å². The average molecular weight is 231 g/mol. The number of hydrogen-bond acceptors (Lipinski definition) is 4. The molecule has 14 heavy (non-hydrogen) atoms. The third kappa shape index (κ3) is 2.56. The fourth-order valence-electron chi connectivity index (χ4n) is 1.61. The summed E-state index contributed by atoms with van der Waals surface area (Å²) in [5.74, 6) is 0.646. The van der Waals surface area contributed by atoms with Crippen LogP contribution in [0.3, 0.4) is 0 Å². The molecule has 1 aromatic rings. The van der Waals surface area contributed by atoms with Gasteiger partial charge in [0.05, 0.1) is 11.5 Å². The minimum atomic E-state index is -2.75. The van der Waals surface area contributed by atoms with Gasteiger partial charge in [0.1, 0.15) is 0 Å². The van der Waals surface area contributed by atoms with Crippen LogP contribution in [-0.2, 0) is 16.4 Å². The molecule has 1 aliphatic rings. The lowest BCUT2D eigenvalue weighted by Gasteiger charge is -2.08. The SMILES string of the molecule is O=S1(=O)CC[C@H](NCc2cccs2)C1. The molecule has 0 saturated carbocycles. The molecule has 78 valence electrons. The van der Waals surface area contributed by atoms with Crippen molar-refractivity contribution < 1.29 is 8.42 Å². The molecule has 0 aromatic carbocycles. The maximum absolute atomic E-state index is 11.2. The standard InChI is InChI=1S/C9H13NO2S2/c11-14(12)5-3-8(7-14)10-6-9-2-1-4-13-9/h1-2,4,8,10H,3,5-7H2/t8-/m0/s1. The van der Waals surface area contributed by atoms with E-state index in [0.717, 1.165) is 13.0 Å². The monoisotopic (exact) mass is 231 g/mol. The molecule has 1 saturated heterocycles. The van der Waals surface area contributed by atoms with Crippen LogP contribution in [0.25, 0.3) is 0 Å². The van der Waals surface area contributed by atoms with Gasteiger partial charge in [-0.1, -0.05) is 6.07 Å². The van der Waals surface area contributed by atoms with E-state index in [0.29, 0.717) is 11.5 Å². The lowest BCUT2D eigenvalue weighted by atomic mass is 10.2. The first-order valence-corrected chi connectivity index (χ1v) is 7.32. The van der Waals surface area contributed by atoms with Gasteiger partial charge in [-0.05, 0) is 17.9 Å². The third-order valence-corrected chi connectivity index (χ3v) is 5.02. The Morgan fingerprint density at radius 1 is 1.57 bits per heavy atom. The summed E-state index contributed by atoms with van der Waals surface area (Å²) in [7, 11) is -2.75. The first-order chi connectivity index (χ1) is 6.66. The van der Waals surface area contributed by atoms with Gasteiger partial charge in [-0.3, -0.25) is 0 Å². The van der Waals surface area contributed by atoms with E-state index < -0.39 is 9.84 Å². The van der Waals surface area contributed by atoms with Crippen LogP contribution in [0.2, 0.25) is 0 Å². The highest BCUT2D eigenvalue weighted by atomic mass is 32.2. The molecule has 1 atom stereocenters. The van der Waals surface area contributed by atoms with Gasteiger partial charge < -0.3 is 5.32 Å². The molecular formula is C9H13NO2S2. The molecule has 0 bridgehead atoms. The zero-order valence-corrected chi connectivity index (χ0v) is 9.40. The van der Waals surface area contributed by atoms with Gasteiger partial charge in [0.2, 0.25) is 0 Å². The Morgan fingerprint density at radius 2 is 2.43 bits per heavy atom. The summed E-state index contributed by atoms with van der Waals surface area (Å²) < 4.78 is 22.3. The molecule has 1 N–H and O–H groups in total. The highest BCUT2D eigenvalue weighted by Crippen LogP contribution is 2.13. The maximum Gasteiger partial charge on any atom is 0.151 e. The normalized spacial score (nSPS) is 25.3. The molecule has 2 heterocycles. The number of nitrogens with one attached hydrogen (secondary N) is 1. The average Bonchev–Trinajstić information content (AvgIpc) is 2.70. The highest BCUT2D eigenvalue weighted by Gasteiger charge is 2.27. The van der Waals surface area contributed by atoms with Gasteiger partial charge in [0.25, 0.3) is 0 Å². The van der Waals surface area contributed by atoms with Crippen molar-refractivity contribution in [1.29, 1.82) is 0 Å². The molecule has 0 amide bonds. The zero-order chi connectivity index (χ0) is 10.0. The minimum Gasteiger partial charge on any atom is -0.308 e. The van der Waals surface area contributed by atoms with E-state index in [2.05, 4.69) is 11.4 Å². The van der Waals surface area contributed by atoms with Crippen LogP contribution in [0.5, 0.6) is 0 Å². The van der Waals surface area contributed by atoms with Crippen LogP contribution in [0.15, 0.2) is 17.5 Å².